The summed E-state index contributed by atoms with van der Waals surface area (Å²) in [4.78, 5) is 12.9. The molecule has 0 N–H and O–H groups in total. The summed E-state index contributed by atoms with van der Waals surface area (Å²) in [5.74, 6) is 0.722. The number of nitro benzene ring substituents is 1. The largest absolute Gasteiger partial charge is 0.467 e. The number of hydrogen-bond acceptors (Lipinski definition) is 4. The minimum atomic E-state index is -0.542. The highest BCUT2D eigenvalue weighted by atomic mass is 79.9. The number of rotatable bonds is 1. The third kappa shape index (κ3) is 1.86. The van der Waals surface area contributed by atoms with E-state index in [0.29, 0.717) is 6.54 Å². The van der Waals surface area contributed by atoms with Crippen LogP contribution in [0.5, 0.6) is 5.75 Å². The van der Waals surface area contributed by atoms with Crippen LogP contribution in [0.3, 0.4) is 0 Å². The van der Waals surface area contributed by atoms with Crippen LogP contribution in [0.2, 0.25) is 0 Å². The van der Waals surface area contributed by atoms with E-state index >= 15 is 0 Å². The molecule has 0 saturated carbocycles. The van der Waals surface area contributed by atoms with E-state index in [1.165, 1.54) is 11.6 Å². The Balaban J connectivity index is 1.88. The topological polar surface area (TPSA) is 55.6 Å². The van der Waals surface area contributed by atoms with E-state index in [1.54, 1.807) is 12.1 Å². The molecule has 1 unspecified atom stereocenters. The maximum atomic E-state index is 11.1. The van der Waals surface area contributed by atoms with Gasteiger partial charge in [0, 0.05) is 27.9 Å². The van der Waals surface area contributed by atoms with Gasteiger partial charge in [0.25, 0.3) is 5.69 Å². The summed E-state index contributed by atoms with van der Waals surface area (Å²) in [5.41, 5.74) is 2.48. The quantitative estimate of drug-likeness (QED) is 0.521. The van der Waals surface area contributed by atoms with Crippen molar-refractivity contribution in [3.8, 4) is 5.75 Å². The predicted octanol–water partition coefficient (Wildman–Crippen LogP) is 4.76. The standard InChI is InChI=1S/C18H17BrN2O3/c1-17(2)14-9-12(19)4-6-15(14)20-10-11-8-13(21(22)23)5-7-16(11)24-18(17,20)3/h4-9H,10H2,1-3H3. The first kappa shape index (κ1) is 15.4. The predicted molar refractivity (Wildman–Crippen MR) is 95.5 cm³/mol. The Morgan fingerprint density at radius 1 is 1.21 bits per heavy atom. The summed E-state index contributed by atoms with van der Waals surface area (Å²) >= 11 is 3.55. The highest BCUT2D eigenvalue weighted by Gasteiger charge is 2.57. The van der Waals surface area contributed by atoms with Crippen LogP contribution in [0.1, 0.15) is 31.9 Å². The summed E-state index contributed by atoms with van der Waals surface area (Å²) in [6.45, 7) is 7.03. The molecule has 2 aromatic carbocycles. The minimum Gasteiger partial charge on any atom is -0.467 e. The van der Waals surface area contributed by atoms with Crippen LogP contribution < -0.4 is 9.64 Å². The average molecular weight is 389 g/mol. The fraction of sp³-hybridized carbons (Fsp3) is 0.333. The molecule has 0 fully saturated rings. The van der Waals surface area contributed by atoms with E-state index in [0.717, 1.165) is 21.5 Å². The van der Waals surface area contributed by atoms with E-state index in [2.05, 4.69) is 53.7 Å². The Morgan fingerprint density at radius 2 is 1.96 bits per heavy atom. The zero-order valence-corrected chi connectivity index (χ0v) is 15.3. The molecule has 6 heteroatoms. The number of anilines is 1. The Bertz CT molecular complexity index is 881. The van der Waals surface area contributed by atoms with Gasteiger partial charge in [0.15, 0.2) is 5.72 Å². The summed E-state index contributed by atoms with van der Waals surface area (Å²) in [6.07, 6.45) is 0. The van der Waals surface area contributed by atoms with Crippen LogP contribution in [-0.2, 0) is 12.0 Å². The van der Waals surface area contributed by atoms with Crippen LogP contribution in [0.25, 0.3) is 0 Å². The molecule has 0 aliphatic carbocycles. The number of ether oxygens (including phenoxy) is 1. The lowest BCUT2D eigenvalue weighted by atomic mass is 9.78. The molecule has 2 aliphatic rings. The van der Waals surface area contributed by atoms with Gasteiger partial charge in [0.2, 0.25) is 0 Å². The van der Waals surface area contributed by atoms with Gasteiger partial charge >= 0.3 is 0 Å². The first-order chi connectivity index (χ1) is 11.2. The number of non-ortho nitro benzene ring substituents is 1. The van der Waals surface area contributed by atoms with Crippen molar-refractivity contribution >= 4 is 27.3 Å². The molecule has 124 valence electrons. The molecule has 2 aliphatic heterocycles. The smallest absolute Gasteiger partial charge is 0.270 e. The van der Waals surface area contributed by atoms with Crippen molar-refractivity contribution in [2.75, 3.05) is 4.90 Å². The van der Waals surface area contributed by atoms with Crippen LogP contribution in [0, 0.1) is 10.1 Å². The molecule has 5 nitrogen and oxygen atoms in total. The maximum absolute atomic E-state index is 11.1. The number of halogens is 1. The van der Waals surface area contributed by atoms with Gasteiger partial charge < -0.3 is 9.64 Å². The Labute approximate surface area is 148 Å². The van der Waals surface area contributed by atoms with Gasteiger partial charge in [-0.05, 0) is 50.6 Å². The van der Waals surface area contributed by atoms with Gasteiger partial charge in [-0.3, -0.25) is 10.1 Å². The highest BCUT2D eigenvalue weighted by Crippen LogP contribution is 2.55. The Morgan fingerprint density at radius 3 is 2.67 bits per heavy atom. The fourth-order valence-corrected chi connectivity index (χ4v) is 4.13. The maximum Gasteiger partial charge on any atom is 0.270 e. The van der Waals surface area contributed by atoms with E-state index in [9.17, 15) is 10.1 Å². The minimum absolute atomic E-state index is 0.0930. The Hall–Kier alpha value is -2.08. The van der Waals surface area contributed by atoms with Crippen molar-refractivity contribution in [3.05, 3.63) is 62.1 Å². The van der Waals surface area contributed by atoms with Crippen LogP contribution in [0.4, 0.5) is 11.4 Å². The van der Waals surface area contributed by atoms with Crippen molar-refractivity contribution in [1.82, 2.24) is 0 Å². The summed E-state index contributed by atoms with van der Waals surface area (Å²) in [7, 11) is 0. The zero-order chi connectivity index (χ0) is 17.3. The van der Waals surface area contributed by atoms with Crippen LogP contribution >= 0.6 is 15.9 Å². The summed E-state index contributed by atoms with van der Waals surface area (Å²) in [5, 5.41) is 11.1. The van der Waals surface area contributed by atoms with Gasteiger partial charge in [-0.2, -0.15) is 0 Å². The monoisotopic (exact) mass is 388 g/mol. The number of benzene rings is 2. The molecule has 0 spiro atoms. The molecule has 4 rings (SSSR count). The molecule has 1 atom stereocenters. The van der Waals surface area contributed by atoms with E-state index in [1.807, 2.05) is 6.07 Å². The summed E-state index contributed by atoms with van der Waals surface area (Å²) < 4.78 is 7.44. The highest BCUT2D eigenvalue weighted by molar-refractivity contribution is 9.10. The lowest BCUT2D eigenvalue weighted by molar-refractivity contribution is -0.385. The van der Waals surface area contributed by atoms with Crippen molar-refractivity contribution < 1.29 is 9.66 Å². The normalized spacial score (nSPS) is 23.1. The molecule has 0 saturated heterocycles. The molecule has 0 radical (unpaired) electrons. The third-order valence-electron chi connectivity index (χ3n) is 5.49. The van der Waals surface area contributed by atoms with Crippen molar-refractivity contribution in [2.45, 2.75) is 38.5 Å². The molecular weight excluding hydrogens is 372 g/mol. The van der Waals surface area contributed by atoms with Crippen LogP contribution in [0.15, 0.2) is 40.9 Å². The van der Waals surface area contributed by atoms with Gasteiger partial charge in [0.1, 0.15) is 5.75 Å². The SMILES string of the molecule is CC1(C)c2cc(Br)ccc2N2Cc3cc([N+](=O)[O-])ccc3OC21C. The van der Waals surface area contributed by atoms with E-state index in [4.69, 9.17) is 4.74 Å². The van der Waals surface area contributed by atoms with Gasteiger partial charge in [-0.15, -0.1) is 0 Å². The first-order valence-electron chi connectivity index (χ1n) is 7.78. The second-order valence-corrected chi connectivity index (χ2v) is 7.92. The number of nitrogens with zero attached hydrogens (tertiary/aromatic N) is 2. The number of fused-ring (bicyclic) bond motifs is 4. The second kappa shape index (κ2) is 4.72. The Kier molecular flexibility index (Phi) is 3.04. The fourth-order valence-electron chi connectivity index (χ4n) is 3.77. The van der Waals surface area contributed by atoms with Gasteiger partial charge in [-0.25, -0.2) is 0 Å². The molecule has 0 amide bonds. The summed E-state index contributed by atoms with van der Waals surface area (Å²) in [6, 6.07) is 11.1. The van der Waals surface area contributed by atoms with E-state index in [-0.39, 0.29) is 16.0 Å². The zero-order valence-electron chi connectivity index (χ0n) is 13.7. The second-order valence-electron chi connectivity index (χ2n) is 7.01. The van der Waals surface area contributed by atoms with Crippen LogP contribution in [-0.4, -0.2) is 10.6 Å². The number of hydrogen-bond donors (Lipinski definition) is 0. The first-order valence-corrected chi connectivity index (χ1v) is 8.57. The lowest BCUT2D eigenvalue weighted by Gasteiger charge is -2.48. The lowest BCUT2D eigenvalue weighted by Crippen LogP contribution is -2.59. The molecule has 0 bridgehead atoms. The molecule has 0 aromatic heterocycles. The van der Waals surface area contributed by atoms with Gasteiger partial charge in [0.05, 0.1) is 16.9 Å². The molecule has 24 heavy (non-hydrogen) atoms. The third-order valence-corrected chi connectivity index (χ3v) is 5.98. The molecular formula is C18H17BrN2O3. The molecule has 2 aromatic rings. The molecule has 2 heterocycles. The van der Waals surface area contributed by atoms with E-state index < -0.39 is 5.72 Å². The van der Waals surface area contributed by atoms with Crippen molar-refractivity contribution in [1.29, 1.82) is 0 Å². The van der Waals surface area contributed by atoms with Gasteiger partial charge in [-0.1, -0.05) is 15.9 Å². The number of nitro groups is 1. The average Bonchev–Trinajstić information content (AvgIpc) is 2.69. The van der Waals surface area contributed by atoms with Crippen molar-refractivity contribution in [3.63, 3.8) is 0 Å². The van der Waals surface area contributed by atoms with Crippen molar-refractivity contribution in [2.24, 2.45) is 0 Å².